The number of carbonyl (C=O) groups is 1. The number of unbranched alkanes of at least 4 members (excludes halogenated alkanes) is 2. The fraction of sp³-hybridized carbons (Fsp3) is 0.857. The van der Waals surface area contributed by atoms with Crippen molar-refractivity contribution < 1.29 is 9.53 Å². The second-order valence-electron chi connectivity index (χ2n) is 5.13. The van der Waals surface area contributed by atoms with Gasteiger partial charge in [0.1, 0.15) is 0 Å². The minimum absolute atomic E-state index is 0.137. The van der Waals surface area contributed by atoms with Crippen molar-refractivity contribution in [3.05, 3.63) is 0 Å². The van der Waals surface area contributed by atoms with Gasteiger partial charge in [0.25, 0.3) is 0 Å². The van der Waals surface area contributed by atoms with Crippen LogP contribution in [0, 0.1) is 0 Å². The zero-order valence-corrected chi connectivity index (χ0v) is 12.0. The normalized spacial score (nSPS) is 17.2. The van der Waals surface area contributed by atoms with E-state index in [1.807, 2.05) is 0 Å². The van der Waals surface area contributed by atoms with Crippen LogP contribution in [0.4, 0.5) is 0 Å². The molecular formula is C14H27N3O2. The molecule has 0 radical (unpaired) electrons. The molecule has 0 aromatic rings. The van der Waals surface area contributed by atoms with Crippen molar-refractivity contribution in [3.8, 4) is 0 Å². The zero-order valence-electron chi connectivity index (χ0n) is 12.0. The molecule has 19 heavy (non-hydrogen) atoms. The summed E-state index contributed by atoms with van der Waals surface area (Å²) in [7, 11) is 1.42. The van der Waals surface area contributed by atoms with Gasteiger partial charge in [0.2, 0.25) is 0 Å². The SMILES string of the molecule is COC(=O)CCCCCN=C(N)NC1CCCCC1. The van der Waals surface area contributed by atoms with Crippen LogP contribution in [0.15, 0.2) is 4.99 Å². The van der Waals surface area contributed by atoms with Gasteiger partial charge in [0, 0.05) is 19.0 Å². The largest absolute Gasteiger partial charge is 0.469 e. The highest BCUT2D eigenvalue weighted by atomic mass is 16.5. The number of nitrogens with zero attached hydrogens (tertiary/aromatic N) is 1. The molecule has 3 N–H and O–H groups in total. The number of nitrogens with one attached hydrogen (secondary N) is 1. The Morgan fingerprint density at radius 3 is 2.68 bits per heavy atom. The summed E-state index contributed by atoms with van der Waals surface area (Å²) >= 11 is 0. The van der Waals surface area contributed by atoms with Gasteiger partial charge >= 0.3 is 5.97 Å². The molecule has 0 unspecified atom stereocenters. The monoisotopic (exact) mass is 269 g/mol. The molecule has 0 aliphatic heterocycles. The number of methoxy groups -OCH3 is 1. The third-order valence-electron chi connectivity index (χ3n) is 3.51. The molecule has 110 valence electrons. The van der Waals surface area contributed by atoms with Gasteiger partial charge in [0.05, 0.1) is 7.11 Å². The Bertz CT molecular complexity index is 286. The van der Waals surface area contributed by atoms with Crippen molar-refractivity contribution in [3.63, 3.8) is 0 Å². The van der Waals surface area contributed by atoms with Crippen LogP contribution in [0.2, 0.25) is 0 Å². The van der Waals surface area contributed by atoms with Crippen LogP contribution < -0.4 is 11.1 Å². The Balaban J connectivity index is 2.02. The van der Waals surface area contributed by atoms with E-state index >= 15 is 0 Å². The first-order valence-electron chi connectivity index (χ1n) is 7.35. The minimum Gasteiger partial charge on any atom is -0.469 e. The molecule has 0 bridgehead atoms. The van der Waals surface area contributed by atoms with Crippen molar-refractivity contribution in [1.29, 1.82) is 0 Å². The third kappa shape index (κ3) is 7.70. The van der Waals surface area contributed by atoms with Crippen molar-refractivity contribution in [2.24, 2.45) is 10.7 Å². The maximum absolute atomic E-state index is 10.9. The Morgan fingerprint density at radius 1 is 1.26 bits per heavy atom. The Labute approximate surface area is 116 Å². The lowest BCUT2D eigenvalue weighted by Crippen LogP contribution is -2.41. The number of rotatable bonds is 7. The molecule has 1 rings (SSSR count). The number of nitrogens with two attached hydrogens (primary N) is 1. The van der Waals surface area contributed by atoms with Gasteiger partial charge in [-0.3, -0.25) is 9.79 Å². The number of esters is 1. The first-order valence-corrected chi connectivity index (χ1v) is 7.35. The van der Waals surface area contributed by atoms with Gasteiger partial charge in [-0.2, -0.15) is 0 Å². The second-order valence-corrected chi connectivity index (χ2v) is 5.13. The molecule has 0 amide bonds. The molecule has 1 saturated carbocycles. The number of guanidine groups is 1. The number of carbonyl (C=O) groups excluding carboxylic acids is 1. The molecule has 1 aliphatic carbocycles. The van der Waals surface area contributed by atoms with E-state index in [9.17, 15) is 4.79 Å². The maximum atomic E-state index is 10.9. The summed E-state index contributed by atoms with van der Waals surface area (Å²) in [5.74, 6) is 0.432. The van der Waals surface area contributed by atoms with Gasteiger partial charge in [0.15, 0.2) is 5.96 Å². The van der Waals surface area contributed by atoms with Crippen LogP contribution in [0.1, 0.15) is 57.8 Å². The van der Waals surface area contributed by atoms with Gasteiger partial charge in [-0.05, 0) is 25.7 Å². The van der Waals surface area contributed by atoms with Crippen molar-refractivity contribution >= 4 is 11.9 Å². The van der Waals surface area contributed by atoms with Crippen molar-refractivity contribution in [2.45, 2.75) is 63.8 Å². The van der Waals surface area contributed by atoms with E-state index in [2.05, 4.69) is 15.0 Å². The van der Waals surface area contributed by atoms with E-state index in [0.717, 1.165) is 25.8 Å². The summed E-state index contributed by atoms with van der Waals surface area (Å²) in [6.45, 7) is 0.729. The molecule has 0 atom stereocenters. The van der Waals surface area contributed by atoms with Crippen LogP contribution in [0.3, 0.4) is 0 Å². The van der Waals surface area contributed by atoms with Crippen molar-refractivity contribution in [1.82, 2.24) is 5.32 Å². The van der Waals surface area contributed by atoms with E-state index in [0.29, 0.717) is 18.4 Å². The van der Waals surface area contributed by atoms with Crippen LogP contribution in [0.25, 0.3) is 0 Å². The first kappa shape index (κ1) is 15.8. The van der Waals surface area contributed by atoms with Gasteiger partial charge in [-0.1, -0.05) is 25.7 Å². The summed E-state index contributed by atoms with van der Waals surface area (Å²) in [6.07, 6.45) is 9.63. The minimum atomic E-state index is -0.137. The molecule has 1 aliphatic rings. The quantitative estimate of drug-likeness (QED) is 0.320. The molecule has 5 heteroatoms. The summed E-state index contributed by atoms with van der Waals surface area (Å²) in [4.78, 5) is 15.2. The van der Waals surface area contributed by atoms with Crippen LogP contribution in [0.5, 0.6) is 0 Å². The van der Waals surface area contributed by atoms with E-state index in [1.165, 1.54) is 39.2 Å². The lowest BCUT2D eigenvalue weighted by atomic mass is 9.96. The van der Waals surface area contributed by atoms with Gasteiger partial charge in [-0.15, -0.1) is 0 Å². The Morgan fingerprint density at radius 2 is 2.00 bits per heavy atom. The molecular weight excluding hydrogens is 242 g/mol. The van der Waals surface area contributed by atoms with Gasteiger partial charge in [-0.25, -0.2) is 0 Å². The van der Waals surface area contributed by atoms with Gasteiger partial charge < -0.3 is 15.8 Å². The highest BCUT2D eigenvalue weighted by Crippen LogP contribution is 2.16. The van der Waals surface area contributed by atoms with Crippen LogP contribution in [-0.2, 0) is 9.53 Å². The molecule has 0 saturated heterocycles. The second kappa shape index (κ2) is 9.64. The summed E-state index contributed by atoms with van der Waals surface area (Å²) in [6, 6.07) is 0.511. The first-order chi connectivity index (χ1) is 9.22. The Hall–Kier alpha value is -1.26. The average Bonchev–Trinajstić information content (AvgIpc) is 2.43. The molecule has 5 nitrogen and oxygen atoms in total. The molecule has 0 heterocycles. The summed E-state index contributed by atoms with van der Waals surface area (Å²) < 4.78 is 4.58. The topological polar surface area (TPSA) is 76.7 Å². The number of hydrogen-bond donors (Lipinski definition) is 2. The standard InChI is InChI=1S/C14H27N3O2/c1-19-13(18)10-6-3-7-11-16-14(15)17-12-8-4-2-5-9-12/h12H,2-11H2,1H3,(H3,15,16,17). The van der Waals surface area contributed by atoms with E-state index < -0.39 is 0 Å². The van der Waals surface area contributed by atoms with E-state index in [4.69, 9.17) is 5.73 Å². The molecule has 0 spiro atoms. The van der Waals surface area contributed by atoms with Crippen molar-refractivity contribution in [2.75, 3.05) is 13.7 Å². The summed E-state index contributed by atoms with van der Waals surface area (Å²) in [5, 5.41) is 3.29. The maximum Gasteiger partial charge on any atom is 0.305 e. The third-order valence-corrected chi connectivity index (χ3v) is 3.51. The smallest absolute Gasteiger partial charge is 0.305 e. The summed E-state index contributed by atoms with van der Waals surface area (Å²) in [5.41, 5.74) is 5.85. The fourth-order valence-electron chi connectivity index (χ4n) is 2.36. The van der Waals surface area contributed by atoms with E-state index in [-0.39, 0.29) is 5.97 Å². The average molecular weight is 269 g/mol. The van der Waals surface area contributed by atoms with E-state index in [1.54, 1.807) is 0 Å². The number of ether oxygens (including phenoxy) is 1. The highest BCUT2D eigenvalue weighted by Gasteiger charge is 2.12. The fourth-order valence-corrected chi connectivity index (χ4v) is 2.36. The lowest BCUT2D eigenvalue weighted by molar-refractivity contribution is -0.140. The molecule has 0 aromatic heterocycles. The molecule has 1 fully saturated rings. The lowest BCUT2D eigenvalue weighted by Gasteiger charge is -2.23. The Kier molecular flexibility index (Phi) is 8.02. The zero-order chi connectivity index (χ0) is 13.9. The predicted octanol–water partition coefficient (Wildman–Crippen LogP) is 1.96. The van der Waals surface area contributed by atoms with Crippen LogP contribution in [-0.4, -0.2) is 31.6 Å². The highest BCUT2D eigenvalue weighted by molar-refractivity contribution is 5.78. The predicted molar refractivity (Wildman–Crippen MR) is 77.0 cm³/mol. The number of hydrogen-bond acceptors (Lipinski definition) is 3. The number of aliphatic imine (C=N–C) groups is 1. The molecule has 0 aromatic carbocycles. The van der Waals surface area contributed by atoms with Crippen LogP contribution >= 0.6 is 0 Å².